The van der Waals surface area contributed by atoms with E-state index in [2.05, 4.69) is 30.5 Å². The Morgan fingerprint density at radius 2 is 2.28 bits per heavy atom. The van der Waals surface area contributed by atoms with E-state index in [0.717, 1.165) is 36.2 Å². The summed E-state index contributed by atoms with van der Waals surface area (Å²) in [5, 5.41) is 7.79. The van der Waals surface area contributed by atoms with E-state index in [9.17, 15) is 4.79 Å². The van der Waals surface area contributed by atoms with Gasteiger partial charge < -0.3 is 25.3 Å². The SMILES string of the molecule is COc1ccc(Cl)cc1NCC(=O)N[C@@H]1CCCN(c2ncnc3[nH]ccc23)C1. The van der Waals surface area contributed by atoms with E-state index >= 15 is 0 Å². The molecule has 1 aliphatic rings. The lowest BCUT2D eigenvalue weighted by atomic mass is 10.1. The highest BCUT2D eigenvalue weighted by atomic mass is 35.5. The molecule has 29 heavy (non-hydrogen) atoms. The van der Waals surface area contributed by atoms with Crippen molar-refractivity contribution in [2.75, 3.05) is 37.0 Å². The molecule has 1 saturated heterocycles. The number of halogens is 1. The van der Waals surface area contributed by atoms with Gasteiger partial charge in [-0.15, -0.1) is 0 Å². The number of methoxy groups -OCH3 is 1. The van der Waals surface area contributed by atoms with Gasteiger partial charge in [-0.1, -0.05) is 11.6 Å². The topological polar surface area (TPSA) is 95.2 Å². The van der Waals surface area contributed by atoms with Gasteiger partial charge in [0.05, 0.1) is 24.7 Å². The summed E-state index contributed by atoms with van der Waals surface area (Å²) in [5.41, 5.74) is 1.51. The average molecular weight is 415 g/mol. The van der Waals surface area contributed by atoms with Crippen molar-refractivity contribution in [3.63, 3.8) is 0 Å². The van der Waals surface area contributed by atoms with Crippen LogP contribution in [0.15, 0.2) is 36.8 Å². The van der Waals surface area contributed by atoms with Gasteiger partial charge in [-0.2, -0.15) is 0 Å². The molecule has 3 aromatic rings. The first kappa shape index (κ1) is 19.3. The smallest absolute Gasteiger partial charge is 0.239 e. The summed E-state index contributed by atoms with van der Waals surface area (Å²) in [6, 6.07) is 7.30. The maximum absolute atomic E-state index is 12.5. The molecule has 1 atom stereocenters. The van der Waals surface area contributed by atoms with Crippen LogP contribution in [-0.2, 0) is 4.79 Å². The summed E-state index contributed by atoms with van der Waals surface area (Å²) in [7, 11) is 1.58. The lowest BCUT2D eigenvalue weighted by Gasteiger charge is -2.34. The van der Waals surface area contributed by atoms with Crippen molar-refractivity contribution in [2.24, 2.45) is 0 Å². The predicted molar refractivity (Wildman–Crippen MR) is 114 cm³/mol. The van der Waals surface area contributed by atoms with E-state index in [4.69, 9.17) is 16.3 Å². The lowest BCUT2D eigenvalue weighted by molar-refractivity contribution is -0.120. The van der Waals surface area contributed by atoms with Crippen LogP contribution >= 0.6 is 11.6 Å². The van der Waals surface area contributed by atoms with Gasteiger partial charge in [0, 0.05) is 30.4 Å². The normalized spacial score (nSPS) is 16.6. The quantitative estimate of drug-likeness (QED) is 0.574. The number of rotatable bonds is 6. The number of hydrogen-bond acceptors (Lipinski definition) is 6. The number of hydrogen-bond donors (Lipinski definition) is 3. The van der Waals surface area contributed by atoms with Gasteiger partial charge in [0.2, 0.25) is 5.91 Å². The van der Waals surface area contributed by atoms with E-state index in [-0.39, 0.29) is 18.5 Å². The minimum absolute atomic E-state index is 0.0586. The Morgan fingerprint density at radius 1 is 1.38 bits per heavy atom. The second-order valence-electron chi connectivity index (χ2n) is 6.99. The first-order valence-electron chi connectivity index (χ1n) is 9.54. The third-order valence-electron chi connectivity index (χ3n) is 5.02. The number of benzene rings is 1. The van der Waals surface area contributed by atoms with Crippen LogP contribution < -0.4 is 20.3 Å². The number of anilines is 2. The van der Waals surface area contributed by atoms with Crippen LogP contribution in [0.1, 0.15) is 12.8 Å². The third kappa shape index (κ3) is 4.37. The average Bonchev–Trinajstić information content (AvgIpc) is 3.21. The monoisotopic (exact) mass is 414 g/mol. The summed E-state index contributed by atoms with van der Waals surface area (Å²) in [5.74, 6) is 1.47. The first-order chi connectivity index (χ1) is 14.1. The number of carbonyl (C=O) groups is 1. The first-order valence-corrected chi connectivity index (χ1v) is 9.91. The van der Waals surface area contributed by atoms with E-state index in [1.54, 1.807) is 31.6 Å². The molecule has 0 aliphatic carbocycles. The Morgan fingerprint density at radius 3 is 3.14 bits per heavy atom. The molecule has 3 heterocycles. The largest absolute Gasteiger partial charge is 0.495 e. The maximum atomic E-state index is 12.5. The second kappa shape index (κ2) is 8.57. The number of aromatic nitrogens is 3. The van der Waals surface area contributed by atoms with Crippen molar-refractivity contribution < 1.29 is 9.53 Å². The van der Waals surface area contributed by atoms with Crippen molar-refractivity contribution in [1.82, 2.24) is 20.3 Å². The fourth-order valence-electron chi connectivity index (χ4n) is 3.67. The molecule has 9 heteroatoms. The fourth-order valence-corrected chi connectivity index (χ4v) is 3.84. The Balaban J connectivity index is 1.36. The molecule has 0 unspecified atom stereocenters. The highest BCUT2D eigenvalue weighted by Crippen LogP contribution is 2.27. The predicted octanol–water partition coefficient (Wildman–Crippen LogP) is 2.82. The van der Waals surface area contributed by atoms with Crippen LogP contribution in [0.3, 0.4) is 0 Å². The van der Waals surface area contributed by atoms with E-state index in [0.29, 0.717) is 23.0 Å². The third-order valence-corrected chi connectivity index (χ3v) is 5.25. The minimum atomic E-state index is -0.0756. The summed E-state index contributed by atoms with van der Waals surface area (Å²) in [6.45, 7) is 1.76. The van der Waals surface area contributed by atoms with Gasteiger partial charge in [-0.05, 0) is 37.1 Å². The number of carbonyl (C=O) groups excluding carboxylic acids is 1. The molecule has 1 aromatic carbocycles. The zero-order chi connectivity index (χ0) is 20.2. The minimum Gasteiger partial charge on any atom is -0.495 e. The van der Waals surface area contributed by atoms with Gasteiger partial charge in [-0.25, -0.2) is 9.97 Å². The Bertz CT molecular complexity index is 1010. The fraction of sp³-hybridized carbons (Fsp3) is 0.350. The lowest BCUT2D eigenvalue weighted by Crippen LogP contribution is -2.49. The van der Waals surface area contributed by atoms with Gasteiger partial charge in [-0.3, -0.25) is 4.79 Å². The molecular formula is C20H23ClN6O2. The van der Waals surface area contributed by atoms with Gasteiger partial charge in [0.15, 0.2) is 0 Å². The molecule has 0 spiro atoms. The molecule has 8 nitrogen and oxygen atoms in total. The van der Waals surface area contributed by atoms with Crippen LogP contribution in [0.2, 0.25) is 5.02 Å². The van der Waals surface area contributed by atoms with E-state index in [1.165, 1.54) is 0 Å². The maximum Gasteiger partial charge on any atom is 0.239 e. The van der Waals surface area contributed by atoms with E-state index < -0.39 is 0 Å². The van der Waals surface area contributed by atoms with Crippen molar-refractivity contribution in [2.45, 2.75) is 18.9 Å². The molecule has 152 valence electrons. The molecule has 3 N–H and O–H groups in total. The van der Waals surface area contributed by atoms with Gasteiger partial charge in [0.25, 0.3) is 0 Å². The summed E-state index contributed by atoms with van der Waals surface area (Å²) < 4.78 is 5.30. The summed E-state index contributed by atoms with van der Waals surface area (Å²) >= 11 is 6.04. The molecule has 1 fully saturated rings. The van der Waals surface area contributed by atoms with E-state index in [1.807, 2.05) is 12.3 Å². The molecule has 0 radical (unpaired) electrons. The number of H-pyrrole nitrogens is 1. The number of aromatic amines is 1. The van der Waals surface area contributed by atoms with Crippen LogP contribution in [0.4, 0.5) is 11.5 Å². The highest BCUT2D eigenvalue weighted by Gasteiger charge is 2.24. The number of nitrogens with zero attached hydrogens (tertiary/aromatic N) is 3. The Labute approximate surface area is 173 Å². The second-order valence-corrected chi connectivity index (χ2v) is 7.42. The molecule has 1 amide bonds. The molecular weight excluding hydrogens is 392 g/mol. The zero-order valence-corrected chi connectivity index (χ0v) is 16.9. The standard InChI is InChI=1S/C20H23ClN6O2/c1-29-17-5-4-13(21)9-16(17)23-10-18(28)26-14-3-2-8-27(11-14)20-15-6-7-22-19(15)24-12-25-20/h4-7,9,12,14,23H,2-3,8,10-11H2,1H3,(H,26,28)(H,22,24,25)/t14-/m1/s1. The number of amides is 1. The molecule has 4 rings (SSSR count). The Kier molecular flexibility index (Phi) is 5.71. The van der Waals surface area contributed by atoms with Crippen LogP contribution in [0.5, 0.6) is 5.75 Å². The van der Waals surface area contributed by atoms with Crippen LogP contribution in [0, 0.1) is 0 Å². The molecule has 2 aromatic heterocycles. The highest BCUT2D eigenvalue weighted by molar-refractivity contribution is 6.30. The Hall–Kier alpha value is -3.00. The molecule has 0 saturated carbocycles. The summed E-state index contributed by atoms with van der Waals surface area (Å²) in [4.78, 5) is 26.5. The van der Waals surface area contributed by atoms with Crippen LogP contribution in [0.25, 0.3) is 11.0 Å². The molecule has 0 bridgehead atoms. The van der Waals surface area contributed by atoms with Crippen molar-refractivity contribution >= 4 is 40.0 Å². The van der Waals surface area contributed by atoms with Crippen molar-refractivity contribution in [3.05, 3.63) is 41.8 Å². The van der Waals surface area contributed by atoms with Gasteiger partial charge in [0.1, 0.15) is 23.5 Å². The van der Waals surface area contributed by atoms with Crippen molar-refractivity contribution in [1.29, 1.82) is 0 Å². The molecule has 1 aliphatic heterocycles. The van der Waals surface area contributed by atoms with Gasteiger partial charge >= 0.3 is 0 Å². The number of nitrogens with one attached hydrogen (secondary N) is 3. The van der Waals surface area contributed by atoms with Crippen LogP contribution in [-0.4, -0.2) is 53.6 Å². The summed E-state index contributed by atoms with van der Waals surface area (Å²) in [6.07, 6.45) is 5.35. The number of ether oxygens (including phenoxy) is 1. The number of fused-ring (bicyclic) bond motifs is 1. The van der Waals surface area contributed by atoms with Crippen molar-refractivity contribution in [3.8, 4) is 5.75 Å². The number of piperidine rings is 1. The zero-order valence-electron chi connectivity index (χ0n) is 16.1.